The van der Waals surface area contributed by atoms with E-state index in [1.165, 1.54) is 10.9 Å². The molecule has 0 saturated carbocycles. The second kappa shape index (κ2) is 9.80. The first-order chi connectivity index (χ1) is 15.3. The van der Waals surface area contributed by atoms with Crippen LogP contribution in [0, 0.1) is 13.0 Å². The fourth-order valence-corrected chi connectivity index (χ4v) is 3.80. The van der Waals surface area contributed by atoms with Crippen LogP contribution < -0.4 is 0 Å². The van der Waals surface area contributed by atoms with Gasteiger partial charge in [0, 0.05) is 55.8 Å². The van der Waals surface area contributed by atoms with E-state index in [4.69, 9.17) is 0 Å². The van der Waals surface area contributed by atoms with Crippen molar-refractivity contribution in [2.45, 2.75) is 6.92 Å². The van der Waals surface area contributed by atoms with Gasteiger partial charge >= 0.3 is 0 Å². The molecule has 0 aliphatic rings. The molecule has 3 aromatic heterocycles. The summed E-state index contributed by atoms with van der Waals surface area (Å²) in [6.45, 7) is 2.06. The molecule has 0 spiro atoms. The minimum absolute atomic E-state index is 0. The predicted octanol–water partition coefficient (Wildman–Crippen LogP) is 6.79. The molecule has 0 atom stereocenters. The van der Waals surface area contributed by atoms with Crippen LogP contribution in [0.15, 0.2) is 104 Å². The Morgan fingerprint density at radius 3 is 1.78 bits per heavy atom. The molecule has 32 heavy (non-hydrogen) atoms. The van der Waals surface area contributed by atoms with Crippen LogP contribution in [0.5, 0.6) is 0 Å². The van der Waals surface area contributed by atoms with Crippen molar-refractivity contribution < 1.29 is 21.1 Å². The van der Waals surface area contributed by atoms with Gasteiger partial charge in [-0.3, -0.25) is 9.97 Å². The average molecular weight is 594 g/mol. The first kappa shape index (κ1) is 21.8. The summed E-state index contributed by atoms with van der Waals surface area (Å²) in [6.07, 6.45) is 5.48. The number of pyridine rings is 3. The predicted molar refractivity (Wildman–Crippen MR) is 128 cm³/mol. The summed E-state index contributed by atoms with van der Waals surface area (Å²) in [5, 5.41) is 4.64. The summed E-state index contributed by atoms with van der Waals surface area (Å²) in [7, 11) is 0. The zero-order valence-electron chi connectivity index (χ0n) is 17.5. The summed E-state index contributed by atoms with van der Waals surface area (Å²) >= 11 is 0. The molecule has 6 rings (SSSR count). The van der Waals surface area contributed by atoms with Crippen molar-refractivity contribution in [2.75, 3.05) is 0 Å². The molecule has 0 aliphatic carbocycles. The fourth-order valence-electron chi connectivity index (χ4n) is 3.80. The number of rotatable bonds is 1. The molecule has 0 fully saturated rings. The van der Waals surface area contributed by atoms with Crippen molar-refractivity contribution in [2.24, 2.45) is 0 Å². The zero-order valence-corrected chi connectivity index (χ0v) is 19.7. The Labute approximate surface area is 201 Å². The Bertz CT molecular complexity index is 1430. The van der Waals surface area contributed by atoms with Crippen LogP contribution in [0.3, 0.4) is 0 Å². The van der Waals surface area contributed by atoms with E-state index < -0.39 is 0 Å². The molecule has 0 aliphatic heterocycles. The van der Waals surface area contributed by atoms with Crippen molar-refractivity contribution in [1.29, 1.82) is 0 Å². The SMILES string of the molecule is Cc1cccnc1-c1[c-]cccc1.[Pt].c1cnc2c(c1)ccc1ccc3cccnc3c12. The number of hydrogen-bond acceptors (Lipinski definition) is 3. The molecule has 4 heteroatoms. The van der Waals surface area contributed by atoms with Gasteiger partial charge < -0.3 is 4.98 Å². The summed E-state index contributed by atoms with van der Waals surface area (Å²) in [5.41, 5.74) is 5.31. The molecule has 0 amide bonds. The molecule has 158 valence electrons. The second-order valence-electron chi connectivity index (χ2n) is 7.32. The van der Waals surface area contributed by atoms with Crippen LogP contribution in [0.1, 0.15) is 5.56 Å². The molecule has 3 nitrogen and oxygen atoms in total. The third-order valence-corrected chi connectivity index (χ3v) is 5.30. The van der Waals surface area contributed by atoms with E-state index in [2.05, 4.69) is 70.4 Å². The average Bonchev–Trinajstić information content (AvgIpc) is 2.85. The van der Waals surface area contributed by atoms with E-state index in [0.717, 1.165) is 38.4 Å². The topological polar surface area (TPSA) is 38.7 Å². The Hall–Kier alpha value is -3.42. The second-order valence-corrected chi connectivity index (χ2v) is 7.32. The number of benzene rings is 3. The van der Waals surface area contributed by atoms with Crippen molar-refractivity contribution >= 4 is 32.6 Å². The molecule has 0 unspecified atom stereocenters. The monoisotopic (exact) mass is 593 g/mol. The fraction of sp³-hybridized carbons (Fsp3) is 0.0357. The molecule has 3 aromatic carbocycles. The van der Waals surface area contributed by atoms with Crippen LogP contribution in [0.25, 0.3) is 43.8 Å². The van der Waals surface area contributed by atoms with Crippen molar-refractivity contribution in [3.05, 3.63) is 115 Å². The number of hydrogen-bond donors (Lipinski definition) is 0. The van der Waals surface area contributed by atoms with Crippen LogP contribution in [0.2, 0.25) is 0 Å². The molecule has 0 bridgehead atoms. The Balaban J connectivity index is 0.000000157. The van der Waals surface area contributed by atoms with Gasteiger partial charge in [0.15, 0.2) is 0 Å². The van der Waals surface area contributed by atoms with Gasteiger partial charge in [-0.2, -0.15) is 0 Å². The molecule has 3 heterocycles. The standard InChI is InChI=1S/C16H10N2.C12H10N.Pt/c1-3-12-7-5-11-6-8-13-4-2-10-18-16(13)14(11)15(12)17-9-1;1-10-6-5-9-13-12(10)11-7-3-2-4-8-11;/h1-10H;2-7,9H,1H3;/q;-1;. The van der Waals surface area contributed by atoms with E-state index in [-0.39, 0.29) is 21.1 Å². The molecule has 0 radical (unpaired) electrons. The van der Waals surface area contributed by atoms with Gasteiger partial charge in [0.1, 0.15) is 0 Å². The molecular formula is C28H20N3Pt-. The molecular weight excluding hydrogens is 573 g/mol. The van der Waals surface area contributed by atoms with E-state index in [1.54, 1.807) is 0 Å². The summed E-state index contributed by atoms with van der Waals surface area (Å²) in [4.78, 5) is 13.4. The quantitative estimate of drug-likeness (QED) is 0.156. The van der Waals surface area contributed by atoms with Gasteiger partial charge in [-0.15, -0.1) is 35.9 Å². The maximum Gasteiger partial charge on any atom is 0.0802 e. The van der Waals surface area contributed by atoms with E-state index in [1.807, 2.05) is 61.1 Å². The third-order valence-electron chi connectivity index (χ3n) is 5.30. The van der Waals surface area contributed by atoms with Crippen LogP contribution >= 0.6 is 0 Å². The van der Waals surface area contributed by atoms with Gasteiger partial charge in [0.2, 0.25) is 0 Å². The zero-order chi connectivity index (χ0) is 21.0. The Morgan fingerprint density at radius 2 is 1.19 bits per heavy atom. The van der Waals surface area contributed by atoms with E-state index in [0.29, 0.717) is 0 Å². The molecule has 0 N–H and O–H groups in total. The molecule has 0 saturated heterocycles. The third kappa shape index (κ3) is 4.30. The van der Waals surface area contributed by atoms with Crippen LogP contribution in [-0.2, 0) is 21.1 Å². The van der Waals surface area contributed by atoms with Crippen molar-refractivity contribution in [1.82, 2.24) is 15.0 Å². The largest absolute Gasteiger partial charge is 0.304 e. The number of aryl methyl sites for hydroxylation is 1. The van der Waals surface area contributed by atoms with Gasteiger partial charge in [0.25, 0.3) is 0 Å². The van der Waals surface area contributed by atoms with Crippen molar-refractivity contribution in [3.63, 3.8) is 0 Å². The minimum Gasteiger partial charge on any atom is -0.304 e. The van der Waals surface area contributed by atoms with E-state index in [9.17, 15) is 0 Å². The van der Waals surface area contributed by atoms with Gasteiger partial charge in [-0.05, 0) is 36.2 Å². The number of nitrogens with zero attached hydrogens (tertiary/aromatic N) is 3. The number of aromatic nitrogens is 3. The van der Waals surface area contributed by atoms with Gasteiger partial charge in [-0.1, -0.05) is 48.0 Å². The Kier molecular flexibility index (Phi) is 6.68. The smallest absolute Gasteiger partial charge is 0.0802 e. The summed E-state index contributed by atoms with van der Waals surface area (Å²) in [5.74, 6) is 0. The first-order valence-electron chi connectivity index (χ1n) is 10.2. The van der Waals surface area contributed by atoms with E-state index >= 15 is 0 Å². The summed E-state index contributed by atoms with van der Waals surface area (Å²) in [6, 6.07) is 31.6. The van der Waals surface area contributed by atoms with Crippen LogP contribution in [-0.4, -0.2) is 15.0 Å². The maximum absolute atomic E-state index is 4.52. The van der Waals surface area contributed by atoms with Gasteiger partial charge in [0.05, 0.1) is 11.0 Å². The molecule has 6 aromatic rings. The van der Waals surface area contributed by atoms with Crippen LogP contribution in [0.4, 0.5) is 0 Å². The van der Waals surface area contributed by atoms with Crippen molar-refractivity contribution in [3.8, 4) is 11.3 Å². The summed E-state index contributed by atoms with van der Waals surface area (Å²) < 4.78 is 0. The first-order valence-corrected chi connectivity index (χ1v) is 10.2. The minimum atomic E-state index is 0. The Morgan fingerprint density at radius 1 is 0.594 bits per heavy atom. The maximum atomic E-state index is 4.52. The normalized spacial score (nSPS) is 10.4. The van der Waals surface area contributed by atoms with Gasteiger partial charge in [-0.25, -0.2) is 0 Å². The number of fused-ring (bicyclic) bond motifs is 5.